The Morgan fingerprint density at radius 1 is 0.446 bits per heavy atom. The van der Waals surface area contributed by atoms with Gasteiger partial charge in [0.1, 0.15) is 0 Å². The summed E-state index contributed by atoms with van der Waals surface area (Å²) < 4.78 is 170. The molecule has 0 N–H and O–H groups in total. The van der Waals surface area contributed by atoms with Gasteiger partial charge in [0.05, 0.1) is 79.7 Å². The standard InChI is InChI=1S/C40H18F12N4/c41-37(42,43)22-4-8-30-26(13-22)27-14-23(38(44,45)46)5-9-31(27)55(30)34-18-54-19-35(36(34)21-3-1-2-20(12-21)17-53)56-32-10-6-24(39(47,48)49)15-28(32)29-16-25(40(50,51)52)7-11-33(29)56/h1-16,18-19H. The quantitative estimate of drug-likeness (QED) is 0.168. The van der Waals surface area contributed by atoms with Crippen LogP contribution in [0.15, 0.2) is 109 Å². The van der Waals surface area contributed by atoms with Gasteiger partial charge in [-0.3, -0.25) is 4.98 Å². The number of benzene rings is 5. The Balaban J connectivity index is 1.54. The van der Waals surface area contributed by atoms with Gasteiger partial charge in [-0.25, -0.2) is 0 Å². The molecule has 8 aromatic rings. The zero-order valence-corrected chi connectivity index (χ0v) is 27.7. The number of rotatable bonds is 3. The molecule has 56 heavy (non-hydrogen) atoms. The fraction of sp³-hybridized carbons (Fsp3) is 0.100. The Morgan fingerprint density at radius 2 is 0.786 bits per heavy atom. The fourth-order valence-electron chi connectivity index (χ4n) is 7.09. The lowest BCUT2D eigenvalue weighted by atomic mass is 10.0. The lowest BCUT2D eigenvalue weighted by molar-refractivity contribution is -0.138. The van der Waals surface area contributed by atoms with Crippen LogP contribution in [0.1, 0.15) is 27.8 Å². The largest absolute Gasteiger partial charge is 0.416 e. The minimum atomic E-state index is -4.87. The highest BCUT2D eigenvalue weighted by atomic mass is 19.4. The van der Waals surface area contributed by atoms with Crippen molar-refractivity contribution in [3.8, 4) is 28.6 Å². The Hall–Kier alpha value is -6.50. The molecule has 4 nitrogen and oxygen atoms in total. The Morgan fingerprint density at radius 3 is 1.09 bits per heavy atom. The molecule has 3 aromatic heterocycles. The van der Waals surface area contributed by atoms with Crippen LogP contribution in [0.2, 0.25) is 0 Å². The molecule has 0 fully saturated rings. The summed E-state index contributed by atoms with van der Waals surface area (Å²) in [5.74, 6) is 0. The molecule has 5 aromatic carbocycles. The van der Waals surface area contributed by atoms with Crippen molar-refractivity contribution in [1.29, 1.82) is 5.26 Å². The number of fused-ring (bicyclic) bond motifs is 6. The Labute approximate surface area is 306 Å². The third kappa shape index (κ3) is 5.94. The van der Waals surface area contributed by atoms with Crippen molar-refractivity contribution in [2.24, 2.45) is 0 Å². The average molecular weight is 783 g/mol. The van der Waals surface area contributed by atoms with E-state index in [9.17, 15) is 57.9 Å². The number of alkyl halides is 12. The van der Waals surface area contributed by atoms with Gasteiger partial charge >= 0.3 is 24.7 Å². The predicted molar refractivity (Wildman–Crippen MR) is 183 cm³/mol. The topological polar surface area (TPSA) is 46.5 Å². The summed E-state index contributed by atoms with van der Waals surface area (Å²) in [5, 5.41) is 8.97. The molecule has 0 atom stereocenters. The van der Waals surface area contributed by atoms with E-state index in [1.807, 2.05) is 6.07 Å². The van der Waals surface area contributed by atoms with Crippen LogP contribution in [0.3, 0.4) is 0 Å². The van der Waals surface area contributed by atoms with Crippen molar-refractivity contribution >= 4 is 43.6 Å². The monoisotopic (exact) mass is 782 g/mol. The molecule has 0 unspecified atom stereocenters. The molecular weight excluding hydrogens is 764 g/mol. The summed E-state index contributed by atoms with van der Waals surface area (Å²) in [7, 11) is 0. The maximum atomic E-state index is 14.0. The molecule has 0 aliphatic heterocycles. The first kappa shape index (κ1) is 36.5. The van der Waals surface area contributed by atoms with Crippen LogP contribution in [0, 0.1) is 11.3 Å². The smallest absolute Gasteiger partial charge is 0.307 e. The number of pyridine rings is 1. The number of nitrogens with zero attached hydrogens (tertiary/aromatic N) is 4. The van der Waals surface area contributed by atoms with Gasteiger partial charge in [0, 0.05) is 27.1 Å². The molecule has 0 spiro atoms. The summed E-state index contributed by atoms with van der Waals surface area (Å²) in [6.45, 7) is 0. The van der Waals surface area contributed by atoms with Crippen LogP contribution >= 0.6 is 0 Å². The lowest BCUT2D eigenvalue weighted by Gasteiger charge is -2.20. The molecule has 0 aliphatic rings. The predicted octanol–water partition coefficient (Wildman–Crippen LogP) is 12.9. The van der Waals surface area contributed by atoms with E-state index in [4.69, 9.17) is 0 Å². The average Bonchev–Trinajstić information content (AvgIpc) is 3.64. The number of aromatic nitrogens is 3. The van der Waals surface area contributed by atoms with E-state index in [2.05, 4.69) is 4.98 Å². The second kappa shape index (κ2) is 12.3. The summed E-state index contributed by atoms with van der Waals surface area (Å²) in [6.07, 6.45) is -17.0. The van der Waals surface area contributed by atoms with Crippen molar-refractivity contribution in [3.63, 3.8) is 0 Å². The summed E-state index contributed by atoms with van der Waals surface area (Å²) >= 11 is 0. The first-order chi connectivity index (χ1) is 26.3. The van der Waals surface area contributed by atoms with E-state index in [1.54, 1.807) is 0 Å². The lowest BCUT2D eigenvalue weighted by Crippen LogP contribution is -2.07. The van der Waals surface area contributed by atoms with Crippen LogP contribution in [0.4, 0.5) is 52.7 Å². The number of hydrogen-bond acceptors (Lipinski definition) is 2. The van der Waals surface area contributed by atoms with Crippen LogP contribution in [0.5, 0.6) is 0 Å². The maximum absolute atomic E-state index is 14.0. The van der Waals surface area contributed by atoms with Gasteiger partial charge in [0.2, 0.25) is 0 Å². The van der Waals surface area contributed by atoms with Crippen LogP contribution < -0.4 is 0 Å². The maximum Gasteiger partial charge on any atom is 0.416 e. The Bertz CT molecular complexity index is 2630. The number of halogens is 12. The van der Waals surface area contributed by atoms with E-state index in [1.165, 1.54) is 45.8 Å². The van der Waals surface area contributed by atoms with E-state index in [0.717, 1.165) is 48.5 Å². The molecule has 282 valence electrons. The van der Waals surface area contributed by atoms with E-state index in [-0.39, 0.29) is 71.7 Å². The third-order valence-electron chi connectivity index (χ3n) is 9.51. The van der Waals surface area contributed by atoms with Crippen molar-refractivity contribution in [1.82, 2.24) is 14.1 Å². The van der Waals surface area contributed by atoms with Crippen LogP contribution in [0.25, 0.3) is 66.1 Å². The highest BCUT2D eigenvalue weighted by Crippen LogP contribution is 2.45. The minimum Gasteiger partial charge on any atom is -0.307 e. The highest BCUT2D eigenvalue weighted by Gasteiger charge is 2.36. The first-order valence-corrected chi connectivity index (χ1v) is 16.2. The van der Waals surface area contributed by atoms with Crippen molar-refractivity contribution in [2.45, 2.75) is 24.7 Å². The molecule has 16 heteroatoms. The van der Waals surface area contributed by atoms with Gasteiger partial charge in [0.25, 0.3) is 0 Å². The van der Waals surface area contributed by atoms with Gasteiger partial charge < -0.3 is 9.13 Å². The van der Waals surface area contributed by atoms with Gasteiger partial charge in [0.15, 0.2) is 0 Å². The second-order valence-electron chi connectivity index (χ2n) is 12.8. The zero-order valence-electron chi connectivity index (χ0n) is 27.7. The Kier molecular flexibility index (Phi) is 7.98. The molecule has 0 aliphatic carbocycles. The van der Waals surface area contributed by atoms with Crippen molar-refractivity contribution in [3.05, 3.63) is 137 Å². The summed E-state index contributed by atoms with van der Waals surface area (Å²) in [4.78, 5) is 4.35. The fourth-order valence-corrected chi connectivity index (χ4v) is 7.09. The van der Waals surface area contributed by atoms with E-state index in [0.29, 0.717) is 24.3 Å². The number of hydrogen-bond donors (Lipinski definition) is 0. The summed E-state index contributed by atoms with van der Waals surface area (Å²) in [5.41, 5.74) is -3.93. The molecule has 0 radical (unpaired) electrons. The molecule has 0 saturated carbocycles. The van der Waals surface area contributed by atoms with Crippen LogP contribution in [-0.4, -0.2) is 14.1 Å². The minimum absolute atomic E-state index is 0.0100. The van der Waals surface area contributed by atoms with Gasteiger partial charge in [-0.2, -0.15) is 57.9 Å². The molecular formula is C40H18F12N4. The van der Waals surface area contributed by atoms with Gasteiger partial charge in [-0.05, 0) is 90.5 Å². The van der Waals surface area contributed by atoms with Crippen molar-refractivity contribution in [2.75, 3.05) is 0 Å². The summed E-state index contributed by atoms with van der Waals surface area (Å²) in [6, 6.07) is 18.1. The SMILES string of the molecule is N#Cc1cccc(-c2c(-n3c4ccc(C(F)(F)F)cc4c4cc(C(F)(F)F)ccc43)cncc2-n2c3ccc(C(F)(F)F)cc3c3cc(C(F)(F)F)ccc32)c1. The number of nitriles is 1. The molecule has 8 rings (SSSR count). The van der Waals surface area contributed by atoms with Gasteiger partial charge in [-0.1, -0.05) is 12.1 Å². The second-order valence-corrected chi connectivity index (χ2v) is 12.8. The van der Waals surface area contributed by atoms with E-state index < -0.39 is 47.0 Å². The zero-order chi connectivity index (χ0) is 40.1. The van der Waals surface area contributed by atoms with Crippen LogP contribution in [-0.2, 0) is 24.7 Å². The van der Waals surface area contributed by atoms with E-state index >= 15 is 0 Å². The molecule has 0 bridgehead atoms. The van der Waals surface area contributed by atoms with Gasteiger partial charge in [-0.15, -0.1) is 0 Å². The molecule has 0 amide bonds. The third-order valence-corrected chi connectivity index (χ3v) is 9.51. The first-order valence-electron chi connectivity index (χ1n) is 16.2. The normalized spacial score (nSPS) is 13.0. The van der Waals surface area contributed by atoms with Crippen molar-refractivity contribution < 1.29 is 52.7 Å². The molecule has 3 heterocycles. The highest BCUT2D eigenvalue weighted by molar-refractivity contribution is 6.12. The molecule has 0 saturated heterocycles.